The van der Waals surface area contributed by atoms with Crippen LogP contribution in [0.4, 0.5) is 5.69 Å². The van der Waals surface area contributed by atoms with Gasteiger partial charge in [-0.3, -0.25) is 14.5 Å². The highest BCUT2D eigenvalue weighted by Crippen LogP contribution is 2.14. The van der Waals surface area contributed by atoms with Crippen molar-refractivity contribution in [2.45, 2.75) is 6.04 Å². The molecule has 1 N–H and O–H groups in total. The topological polar surface area (TPSA) is 61.9 Å². The standard InChI is InChI=1S/C17H23N3O3/c1-4-16(21)20(3)14-7-5-13(6-8-14)17(22)18-11-15-12-23-10-9-19(15)2/h4-8,15H,1,9-12H2,2-3H3,(H,18,22). The van der Waals surface area contributed by atoms with E-state index in [9.17, 15) is 9.59 Å². The maximum Gasteiger partial charge on any atom is 0.251 e. The lowest BCUT2D eigenvalue weighted by Gasteiger charge is -2.32. The average Bonchev–Trinajstić information content (AvgIpc) is 2.59. The maximum absolute atomic E-state index is 12.2. The molecule has 6 heteroatoms. The van der Waals surface area contributed by atoms with Gasteiger partial charge in [-0.25, -0.2) is 0 Å². The van der Waals surface area contributed by atoms with Crippen molar-refractivity contribution in [3.05, 3.63) is 42.5 Å². The van der Waals surface area contributed by atoms with Gasteiger partial charge < -0.3 is 15.0 Å². The fraction of sp³-hybridized carbons (Fsp3) is 0.412. The molecule has 2 amide bonds. The minimum atomic E-state index is -0.192. The van der Waals surface area contributed by atoms with E-state index >= 15 is 0 Å². The highest BCUT2D eigenvalue weighted by Gasteiger charge is 2.20. The number of benzene rings is 1. The third-order valence-corrected chi connectivity index (χ3v) is 4.04. The molecule has 1 unspecified atom stereocenters. The maximum atomic E-state index is 12.2. The molecule has 1 aliphatic rings. The first-order chi connectivity index (χ1) is 11.0. The van der Waals surface area contributed by atoms with Crippen molar-refractivity contribution in [2.24, 2.45) is 0 Å². The monoisotopic (exact) mass is 317 g/mol. The van der Waals surface area contributed by atoms with Crippen molar-refractivity contribution in [1.82, 2.24) is 10.2 Å². The third kappa shape index (κ3) is 4.40. The van der Waals surface area contributed by atoms with E-state index in [4.69, 9.17) is 4.74 Å². The lowest BCUT2D eigenvalue weighted by molar-refractivity contribution is -0.113. The second kappa shape index (κ2) is 7.89. The van der Waals surface area contributed by atoms with Gasteiger partial charge in [0.05, 0.1) is 19.3 Å². The number of likely N-dealkylation sites (N-methyl/N-ethyl adjacent to an activating group) is 2. The number of hydrogen-bond donors (Lipinski definition) is 1. The number of carbonyl (C=O) groups is 2. The first kappa shape index (κ1) is 17.2. The van der Waals surface area contributed by atoms with Crippen molar-refractivity contribution in [3.8, 4) is 0 Å². The molecule has 0 aliphatic carbocycles. The molecule has 124 valence electrons. The minimum Gasteiger partial charge on any atom is -0.378 e. The second-order valence-electron chi connectivity index (χ2n) is 5.57. The summed E-state index contributed by atoms with van der Waals surface area (Å²) in [4.78, 5) is 27.4. The Balaban J connectivity index is 1.92. The molecule has 2 rings (SSSR count). The van der Waals surface area contributed by atoms with Crippen LogP contribution in [0, 0.1) is 0 Å². The largest absolute Gasteiger partial charge is 0.378 e. The minimum absolute atomic E-state index is 0.131. The number of morpholine rings is 1. The van der Waals surface area contributed by atoms with Gasteiger partial charge in [0.1, 0.15) is 0 Å². The van der Waals surface area contributed by atoms with Gasteiger partial charge in [-0.15, -0.1) is 0 Å². The number of ether oxygens (including phenoxy) is 1. The summed E-state index contributed by atoms with van der Waals surface area (Å²) >= 11 is 0. The Hall–Kier alpha value is -2.18. The third-order valence-electron chi connectivity index (χ3n) is 4.04. The number of nitrogens with zero attached hydrogens (tertiary/aromatic N) is 2. The van der Waals surface area contributed by atoms with Gasteiger partial charge in [-0.2, -0.15) is 0 Å². The lowest BCUT2D eigenvalue weighted by Crippen LogP contribution is -2.49. The van der Waals surface area contributed by atoms with Crippen LogP contribution in [0.1, 0.15) is 10.4 Å². The molecule has 0 saturated carbocycles. The summed E-state index contributed by atoms with van der Waals surface area (Å²) in [6, 6.07) is 7.10. The zero-order valence-corrected chi connectivity index (χ0v) is 13.6. The van der Waals surface area contributed by atoms with Crippen LogP contribution in [-0.2, 0) is 9.53 Å². The molecule has 1 atom stereocenters. The number of hydrogen-bond acceptors (Lipinski definition) is 4. The smallest absolute Gasteiger partial charge is 0.251 e. The van der Waals surface area contributed by atoms with Crippen molar-refractivity contribution >= 4 is 17.5 Å². The van der Waals surface area contributed by atoms with Crippen LogP contribution in [0.2, 0.25) is 0 Å². The van der Waals surface area contributed by atoms with Gasteiger partial charge in [0, 0.05) is 31.4 Å². The van der Waals surface area contributed by atoms with Gasteiger partial charge >= 0.3 is 0 Å². The van der Waals surface area contributed by atoms with Gasteiger partial charge in [0.15, 0.2) is 0 Å². The Morgan fingerprint density at radius 2 is 2.13 bits per heavy atom. The fourth-order valence-electron chi connectivity index (χ4n) is 2.37. The van der Waals surface area contributed by atoms with E-state index in [-0.39, 0.29) is 17.9 Å². The van der Waals surface area contributed by atoms with Crippen LogP contribution in [0.25, 0.3) is 0 Å². The number of anilines is 1. The Bertz CT molecular complexity index is 571. The fourth-order valence-corrected chi connectivity index (χ4v) is 2.37. The molecule has 0 spiro atoms. The van der Waals surface area contributed by atoms with Gasteiger partial charge in [0.25, 0.3) is 5.91 Å². The molecule has 0 bridgehead atoms. The Morgan fingerprint density at radius 3 is 2.74 bits per heavy atom. The molecule has 0 radical (unpaired) electrons. The van der Waals surface area contributed by atoms with Crippen LogP contribution < -0.4 is 10.2 Å². The van der Waals surface area contributed by atoms with E-state index in [1.807, 2.05) is 7.05 Å². The quantitative estimate of drug-likeness (QED) is 0.820. The van der Waals surface area contributed by atoms with Crippen LogP contribution in [0.15, 0.2) is 36.9 Å². The molecule has 1 aliphatic heterocycles. The molecule has 1 aromatic rings. The summed E-state index contributed by atoms with van der Waals surface area (Å²) < 4.78 is 5.43. The predicted molar refractivity (Wildman–Crippen MR) is 89.6 cm³/mol. The molecular weight excluding hydrogens is 294 g/mol. The van der Waals surface area contributed by atoms with Crippen molar-refractivity contribution in [2.75, 3.05) is 45.3 Å². The summed E-state index contributed by atoms with van der Waals surface area (Å²) in [5.41, 5.74) is 1.28. The number of carbonyl (C=O) groups excluding carboxylic acids is 2. The Labute approximate surface area is 136 Å². The predicted octanol–water partition coefficient (Wildman–Crippen LogP) is 0.896. The van der Waals surface area contributed by atoms with E-state index in [1.165, 1.54) is 11.0 Å². The van der Waals surface area contributed by atoms with Crippen LogP contribution in [-0.4, -0.2) is 63.2 Å². The van der Waals surface area contributed by atoms with Crippen LogP contribution in [0.5, 0.6) is 0 Å². The number of rotatable bonds is 5. The van der Waals surface area contributed by atoms with Crippen LogP contribution in [0.3, 0.4) is 0 Å². The Kier molecular flexibility index (Phi) is 5.90. The molecule has 23 heavy (non-hydrogen) atoms. The first-order valence-electron chi connectivity index (χ1n) is 7.59. The molecule has 1 fully saturated rings. The zero-order chi connectivity index (χ0) is 16.8. The van der Waals surface area contributed by atoms with Crippen molar-refractivity contribution < 1.29 is 14.3 Å². The molecule has 1 heterocycles. The molecule has 6 nitrogen and oxygen atoms in total. The van der Waals surface area contributed by atoms with E-state index in [0.717, 1.165) is 13.2 Å². The zero-order valence-electron chi connectivity index (χ0n) is 13.6. The Morgan fingerprint density at radius 1 is 1.43 bits per heavy atom. The SMILES string of the molecule is C=CC(=O)N(C)c1ccc(C(=O)NCC2COCCN2C)cc1. The summed E-state index contributed by atoms with van der Waals surface area (Å²) in [7, 11) is 3.69. The van der Waals surface area contributed by atoms with Crippen molar-refractivity contribution in [3.63, 3.8) is 0 Å². The van der Waals surface area contributed by atoms with E-state index < -0.39 is 0 Å². The molecular formula is C17H23N3O3. The summed E-state index contributed by atoms with van der Waals surface area (Å²) in [6.07, 6.45) is 1.25. The lowest BCUT2D eigenvalue weighted by atomic mass is 10.1. The van der Waals surface area contributed by atoms with Gasteiger partial charge in [-0.1, -0.05) is 6.58 Å². The first-order valence-corrected chi connectivity index (χ1v) is 7.59. The van der Waals surface area contributed by atoms with E-state index in [0.29, 0.717) is 24.4 Å². The van der Waals surface area contributed by atoms with E-state index in [2.05, 4.69) is 16.8 Å². The molecule has 0 aromatic heterocycles. The summed E-state index contributed by atoms with van der Waals surface area (Å²) in [6.45, 7) is 6.24. The van der Waals surface area contributed by atoms with Crippen LogP contribution >= 0.6 is 0 Å². The normalized spacial score (nSPS) is 18.3. The van der Waals surface area contributed by atoms with Crippen molar-refractivity contribution in [1.29, 1.82) is 0 Å². The highest BCUT2D eigenvalue weighted by atomic mass is 16.5. The van der Waals surface area contributed by atoms with E-state index in [1.54, 1.807) is 31.3 Å². The number of amides is 2. The number of nitrogens with one attached hydrogen (secondary N) is 1. The summed E-state index contributed by atoms with van der Waals surface area (Å²) in [5.74, 6) is -0.323. The molecule has 1 aromatic carbocycles. The second-order valence-corrected chi connectivity index (χ2v) is 5.57. The molecule has 1 saturated heterocycles. The highest BCUT2D eigenvalue weighted by molar-refractivity contribution is 6.01. The van der Waals surface area contributed by atoms with Gasteiger partial charge in [-0.05, 0) is 37.4 Å². The summed E-state index contributed by atoms with van der Waals surface area (Å²) in [5, 5.41) is 2.92. The average molecular weight is 317 g/mol. The van der Waals surface area contributed by atoms with Gasteiger partial charge in [0.2, 0.25) is 5.91 Å².